The van der Waals surface area contributed by atoms with Gasteiger partial charge in [0.15, 0.2) is 0 Å². The molecule has 1 aromatic carbocycles. The fraction of sp³-hybridized carbons (Fsp3) is 0.294. The maximum absolute atomic E-state index is 6.17. The van der Waals surface area contributed by atoms with Gasteiger partial charge in [-0.1, -0.05) is 13.3 Å². The van der Waals surface area contributed by atoms with Gasteiger partial charge in [0.25, 0.3) is 0 Å². The number of hydrogen-bond acceptors (Lipinski definition) is 3. The van der Waals surface area contributed by atoms with E-state index in [-0.39, 0.29) is 0 Å². The number of aromatic nitrogens is 1. The molecule has 1 aliphatic heterocycles. The molecule has 0 saturated carbocycles. The first-order valence-corrected chi connectivity index (χ1v) is 8.03. The summed E-state index contributed by atoms with van der Waals surface area (Å²) in [6, 6.07) is 10.6. The number of hydrogen-bond donors (Lipinski definition) is 1. The van der Waals surface area contributed by atoms with Crippen LogP contribution in [0.3, 0.4) is 0 Å². The molecule has 0 fully saturated rings. The van der Waals surface area contributed by atoms with Crippen LogP contribution in [0.2, 0.25) is 0 Å². The third-order valence-electron chi connectivity index (χ3n) is 3.66. The maximum atomic E-state index is 6.17. The summed E-state index contributed by atoms with van der Waals surface area (Å²) in [6.45, 7) is 2.17. The molecular formula is C17H20N3S+. The van der Waals surface area contributed by atoms with Gasteiger partial charge >= 0.3 is 0 Å². The smallest absolute Gasteiger partial charge is 0.201 e. The summed E-state index contributed by atoms with van der Waals surface area (Å²) < 4.78 is 3.26. The van der Waals surface area contributed by atoms with Crippen molar-refractivity contribution < 1.29 is 0 Å². The minimum absolute atomic E-state index is 0.880. The predicted octanol–water partition coefficient (Wildman–Crippen LogP) is 2.97. The highest BCUT2D eigenvalue weighted by molar-refractivity contribution is 7.21. The largest absolute Gasteiger partial charge is 0.398 e. The Morgan fingerprint density at radius 2 is 2.00 bits per heavy atom. The average Bonchev–Trinajstić information content (AvgIpc) is 2.45. The van der Waals surface area contributed by atoms with E-state index in [0.29, 0.717) is 0 Å². The van der Waals surface area contributed by atoms with Crippen LogP contribution >= 0.6 is 11.3 Å². The van der Waals surface area contributed by atoms with Crippen molar-refractivity contribution in [2.24, 2.45) is 0 Å². The van der Waals surface area contributed by atoms with Crippen molar-refractivity contribution in [3.8, 4) is 10.6 Å². The summed E-state index contributed by atoms with van der Waals surface area (Å²) in [5.74, 6) is 0. The number of fused-ring (bicyclic) bond motifs is 2. The highest BCUT2D eigenvalue weighted by Crippen LogP contribution is 2.32. The van der Waals surface area contributed by atoms with Crippen molar-refractivity contribution in [1.82, 2.24) is 9.56 Å². The monoisotopic (exact) mass is 298 g/mol. The Labute approximate surface area is 128 Å². The number of benzene rings is 2. The van der Waals surface area contributed by atoms with E-state index in [1.807, 2.05) is 0 Å². The molecule has 0 saturated heterocycles. The lowest BCUT2D eigenvalue weighted by Crippen LogP contribution is -2.21. The predicted molar refractivity (Wildman–Crippen MR) is 91.8 cm³/mol. The van der Waals surface area contributed by atoms with E-state index in [0.717, 1.165) is 34.4 Å². The van der Waals surface area contributed by atoms with E-state index < -0.39 is 0 Å². The Kier molecular flexibility index (Phi) is 3.64. The minimum Gasteiger partial charge on any atom is -0.398 e. The number of nitrogens with zero attached hydrogens (tertiary/aromatic N) is 2. The van der Waals surface area contributed by atoms with E-state index in [1.165, 1.54) is 15.8 Å². The number of anilines is 1. The van der Waals surface area contributed by atoms with Gasteiger partial charge in [-0.05, 0) is 30.2 Å². The Morgan fingerprint density at radius 1 is 1.19 bits per heavy atom. The van der Waals surface area contributed by atoms with Crippen LogP contribution in [0, 0.1) is 0 Å². The number of nitrogens with two attached hydrogens (primary N) is 1. The summed E-state index contributed by atoms with van der Waals surface area (Å²) in [4.78, 5) is 5.99. The second kappa shape index (κ2) is 5.45. The molecule has 0 aromatic heterocycles. The van der Waals surface area contributed by atoms with Crippen LogP contribution in [0.1, 0.15) is 18.9 Å². The molecule has 21 heavy (non-hydrogen) atoms. The van der Waals surface area contributed by atoms with Gasteiger partial charge < -0.3 is 5.73 Å². The summed E-state index contributed by atoms with van der Waals surface area (Å²) in [5.41, 5.74) is 10.3. The highest BCUT2D eigenvalue weighted by Gasteiger charge is 2.10. The zero-order valence-corrected chi connectivity index (χ0v) is 13.5. The molecule has 4 heteroatoms. The molecule has 3 nitrogen and oxygen atoms in total. The first kappa shape index (κ1) is 14.0. The first-order chi connectivity index (χ1) is 10.1. The fourth-order valence-electron chi connectivity index (χ4n) is 2.49. The molecular weight excluding hydrogens is 278 g/mol. The lowest BCUT2D eigenvalue weighted by Gasteiger charge is -2.09. The third kappa shape index (κ3) is 2.63. The highest BCUT2D eigenvalue weighted by atomic mass is 32.1. The molecule has 0 amide bonds. The second-order valence-corrected chi connectivity index (χ2v) is 6.61. The van der Waals surface area contributed by atoms with Gasteiger partial charge in [-0.25, -0.2) is 9.56 Å². The topological polar surface area (TPSA) is 41.9 Å². The van der Waals surface area contributed by atoms with Crippen molar-refractivity contribution in [3.05, 3.63) is 41.3 Å². The van der Waals surface area contributed by atoms with Gasteiger partial charge in [0.1, 0.15) is 14.1 Å². The van der Waals surface area contributed by atoms with Crippen LogP contribution in [0.5, 0.6) is 0 Å². The van der Waals surface area contributed by atoms with Crippen molar-refractivity contribution in [1.29, 1.82) is 0 Å². The van der Waals surface area contributed by atoms with Gasteiger partial charge in [0, 0.05) is 17.8 Å². The van der Waals surface area contributed by atoms with Crippen molar-refractivity contribution in [3.63, 3.8) is 0 Å². The van der Waals surface area contributed by atoms with Gasteiger partial charge in [-0.15, -0.1) is 11.3 Å². The van der Waals surface area contributed by atoms with E-state index in [4.69, 9.17) is 10.7 Å². The molecule has 108 valence electrons. The van der Waals surface area contributed by atoms with Crippen molar-refractivity contribution in [2.45, 2.75) is 19.8 Å². The maximum Gasteiger partial charge on any atom is 0.201 e. The molecule has 0 radical (unpaired) electrons. The minimum atomic E-state index is 0.880. The van der Waals surface area contributed by atoms with Crippen molar-refractivity contribution in [2.75, 3.05) is 19.8 Å². The van der Waals surface area contributed by atoms with Crippen LogP contribution in [-0.4, -0.2) is 19.1 Å². The molecule has 0 unspecified atom stereocenters. The molecule has 2 aliphatic rings. The van der Waals surface area contributed by atoms with E-state index in [2.05, 4.69) is 55.9 Å². The van der Waals surface area contributed by atoms with Gasteiger partial charge in [0.05, 0.1) is 20.8 Å². The molecule has 1 aliphatic carbocycles. The Morgan fingerprint density at radius 3 is 2.71 bits per heavy atom. The number of rotatable bonds is 2. The molecule has 0 spiro atoms. The van der Waals surface area contributed by atoms with Crippen LogP contribution in [0.4, 0.5) is 5.69 Å². The summed E-state index contributed by atoms with van der Waals surface area (Å²) in [5, 5.41) is 1.19. The van der Waals surface area contributed by atoms with Crippen LogP contribution in [0.25, 0.3) is 20.8 Å². The quantitative estimate of drug-likeness (QED) is 0.449. The zero-order valence-electron chi connectivity index (χ0n) is 12.7. The molecule has 2 N–H and O–H groups in total. The van der Waals surface area contributed by atoms with Crippen LogP contribution < -0.4 is 15.7 Å². The molecule has 1 heterocycles. The van der Waals surface area contributed by atoms with E-state index >= 15 is 0 Å². The van der Waals surface area contributed by atoms with Gasteiger partial charge in [-0.3, -0.25) is 0 Å². The SMILES string of the molecule is CCCc1cc2nc3ccc(=[N+](C)C)cc-3sc2cc1N. The van der Waals surface area contributed by atoms with E-state index in [9.17, 15) is 0 Å². The standard InChI is InChI=1S/C17H19N3S/c1-4-5-11-8-15-17(10-13(11)18)21-16-9-12(20(2)3)6-7-14(16)19-15/h6-10,18H,4-5H2,1-3H3/p+1. The van der Waals surface area contributed by atoms with Crippen LogP contribution in [-0.2, 0) is 6.42 Å². The Hall–Kier alpha value is -1.94. The van der Waals surface area contributed by atoms with Crippen LogP contribution in [0.15, 0.2) is 30.3 Å². The lowest BCUT2D eigenvalue weighted by atomic mass is 10.1. The Bertz CT molecular complexity index is 844. The molecule has 0 bridgehead atoms. The van der Waals surface area contributed by atoms with Crippen molar-refractivity contribution >= 4 is 27.2 Å². The Balaban J connectivity index is 2.28. The first-order valence-electron chi connectivity index (χ1n) is 7.22. The van der Waals surface area contributed by atoms with Gasteiger partial charge in [-0.2, -0.15) is 0 Å². The fourth-order valence-corrected chi connectivity index (χ4v) is 3.52. The summed E-state index contributed by atoms with van der Waals surface area (Å²) in [6.07, 6.45) is 2.10. The normalized spacial score (nSPS) is 11.2. The lowest BCUT2D eigenvalue weighted by molar-refractivity contribution is 0.814. The molecule has 0 atom stereocenters. The van der Waals surface area contributed by atoms with E-state index in [1.54, 1.807) is 11.3 Å². The average molecular weight is 298 g/mol. The number of aryl methyl sites for hydroxylation is 1. The summed E-state index contributed by atoms with van der Waals surface area (Å²) >= 11 is 1.75. The molecule has 1 aromatic rings. The second-order valence-electron chi connectivity index (χ2n) is 5.53. The molecule has 3 rings (SSSR count). The number of nitrogen functional groups attached to an aromatic ring is 1. The third-order valence-corrected chi connectivity index (χ3v) is 4.75. The summed E-state index contributed by atoms with van der Waals surface area (Å²) in [7, 11) is 4.10. The zero-order chi connectivity index (χ0) is 15.0. The van der Waals surface area contributed by atoms with Gasteiger partial charge in [0.2, 0.25) is 5.36 Å².